The van der Waals surface area contributed by atoms with Crippen molar-refractivity contribution in [3.63, 3.8) is 0 Å². The van der Waals surface area contributed by atoms with Crippen molar-refractivity contribution in [2.45, 2.75) is 24.3 Å². The fourth-order valence-corrected chi connectivity index (χ4v) is 3.02. The second-order valence-corrected chi connectivity index (χ2v) is 6.38. The molecule has 8 heteroatoms. The van der Waals surface area contributed by atoms with Crippen molar-refractivity contribution in [2.75, 3.05) is 12.3 Å². The van der Waals surface area contributed by atoms with E-state index in [2.05, 4.69) is 20.7 Å². The lowest BCUT2D eigenvalue weighted by atomic mass is 10.3. The quantitative estimate of drug-likeness (QED) is 0.702. The Bertz CT molecular complexity index is 536. The van der Waals surface area contributed by atoms with Gasteiger partial charge in [0, 0.05) is 22.8 Å². The molecule has 102 valence electrons. The number of aliphatic hydroxyl groups is 1. The van der Waals surface area contributed by atoms with E-state index in [0.717, 1.165) is 12.1 Å². The largest absolute Gasteiger partial charge is 0.398 e. The van der Waals surface area contributed by atoms with E-state index >= 15 is 0 Å². The number of anilines is 1. The third-order valence-corrected chi connectivity index (χ3v) is 4.55. The summed E-state index contributed by atoms with van der Waals surface area (Å²) in [5.74, 6) is -0.889. The Labute approximate surface area is 113 Å². The van der Waals surface area contributed by atoms with Crippen LogP contribution in [0.2, 0.25) is 0 Å². The Morgan fingerprint density at radius 2 is 2.17 bits per heavy atom. The van der Waals surface area contributed by atoms with E-state index in [9.17, 15) is 12.8 Å². The maximum absolute atomic E-state index is 13.6. The van der Waals surface area contributed by atoms with Crippen molar-refractivity contribution in [3.8, 4) is 0 Å². The second kappa shape index (κ2) is 5.96. The zero-order valence-corrected chi connectivity index (χ0v) is 12.1. The molecular formula is C10H14BrFN2O3S. The summed E-state index contributed by atoms with van der Waals surface area (Å²) >= 11 is 3.01. The number of hydrogen-bond donors (Lipinski definition) is 3. The summed E-state index contributed by atoms with van der Waals surface area (Å²) in [5, 5.41) is 8.70. The average Bonchev–Trinajstić information content (AvgIpc) is 2.22. The molecule has 1 unspecified atom stereocenters. The van der Waals surface area contributed by atoms with Gasteiger partial charge in [0.2, 0.25) is 10.0 Å². The van der Waals surface area contributed by atoms with Crippen LogP contribution in [-0.4, -0.2) is 26.2 Å². The standard InChI is InChI=1S/C10H14BrFN2O3S/c1-6(2-3-15)14-18(16,17)10-5-9(13)7(11)4-8(10)12/h4-6,14-15H,2-3,13H2,1H3. The molecule has 1 aromatic rings. The Kier molecular flexibility index (Phi) is 5.09. The van der Waals surface area contributed by atoms with Crippen LogP contribution in [0.3, 0.4) is 0 Å². The van der Waals surface area contributed by atoms with Gasteiger partial charge in [-0.1, -0.05) is 0 Å². The SMILES string of the molecule is CC(CCO)NS(=O)(=O)c1cc(N)c(Br)cc1F. The summed E-state index contributed by atoms with van der Waals surface area (Å²) in [6, 6.07) is 1.55. The van der Waals surface area contributed by atoms with E-state index in [1.807, 2.05) is 0 Å². The molecule has 0 fully saturated rings. The summed E-state index contributed by atoms with van der Waals surface area (Å²) in [6.07, 6.45) is 0.243. The second-order valence-electron chi connectivity index (χ2n) is 3.84. The Morgan fingerprint density at radius 3 is 2.72 bits per heavy atom. The molecule has 5 nitrogen and oxygen atoms in total. The van der Waals surface area contributed by atoms with Crippen LogP contribution >= 0.6 is 15.9 Å². The lowest BCUT2D eigenvalue weighted by molar-refractivity contribution is 0.275. The number of benzene rings is 1. The maximum atomic E-state index is 13.6. The molecule has 0 aliphatic rings. The molecule has 1 aromatic carbocycles. The van der Waals surface area contributed by atoms with E-state index in [1.165, 1.54) is 0 Å². The summed E-state index contributed by atoms with van der Waals surface area (Å²) < 4.78 is 40.0. The van der Waals surface area contributed by atoms with Gasteiger partial charge in [0.25, 0.3) is 0 Å². The van der Waals surface area contributed by atoms with Gasteiger partial charge in [-0.15, -0.1) is 0 Å². The van der Waals surface area contributed by atoms with Gasteiger partial charge in [-0.25, -0.2) is 17.5 Å². The predicted molar refractivity (Wildman–Crippen MR) is 70.0 cm³/mol. The Hall–Kier alpha value is -0.700. The van der Waals surface area contributed by atoms with Gasteiger partial charge in [0.15, 0.2) is 0 Å². The van der Waals surface area contributed by atoms with Crippen LogP contribution in [0, 0.1) is 5.82 Å². The van der Waals surface area contributed by atoms with E-state index in [-0.39, 0.29) is 18.7 Å². The van der Waals surface area contributed by atoms with Crippen LogP contribution in [0.25, 0.3) is 0 Å². The van der Waals surface area contributed by atoms with Gasteiger partial charge in [0.1, 0.15) is 10.7 Å². The van der Waals surface area contributed by atoms with Gasteiger partial charge in [-0.05, 0) is 41.4 Å². The monoisotopic (exact) mass is 340 g/mol. The first-order chi connectivity index (χ1) is 8.27. The highest BCUT2D eigenvalue weighted by Crippen LogP contribution is 2.26. The zero-order valence-electron chi connectivity index (χ0n) is 9.65. The minimum Gasteiger partial charge on any atom is -0.398 e. The molecule has 0 aromatic heterocycles. The molecule has 1 rings (SSSR count). The third kappa shape index (κ3) is 3.64. The Morgan fingerprint density at radius 1 is 1.56 bits per heavy atom. The molecule has 0 spiro atoms. The first kappa shape index (κ1) is 15.4. The molecule has 0 aliphatic carbocycles. The highest BCUT2D eigenvalue weighted by molar-refractivity contribution is 9.10. The fraction of sp³-hybridized carbons (Fsp3) is 0.400. The van der Waals surface area contributed by atoms with E-state index < -0.39 is 26.8 Å². The van der Waals surface area contributed by atoms with Gasteiger partial charge in [-0.3, -0.25) is 0 Å². The number of hydrogen-bond acceptors (Lipinski definition) is 4. The number of sulfonamides is 1. The van der Waals surface area contributed by atoms with Crippen LogP contribution in [-0.2, 0) is 10.0 Å². The first-order valence-electron chi connectivity index (χ1n) is 5.15. The number of rotatable bonds is 5. The smallest absolute Gasteiger partial charge is 0.243 e. The molecule has 0 radical (unpaired) electrons. The van der Waals surface area contributed by atoms with Crippen LogP contribution in [0.5, 0.6) is 0 Å². The lowest BCUT2D eigenvalue weighted by Gasteiger charge is -2.14. The molecule has 18 heavy (non-hydrogen) atoms. The third-order valence-electron chi connectivity index (χ3n) is 2.26. The van der Waals surface area contributed by atoms with Gasteiger partial charge in [0.05, 0.1) is 0 Å². The van der Waals surface area contributed by atoms with E-state index in [1.54, 1.807) is 6.92 Å². The number of aliphatic hydroxyl groups excluding tert-OH is 1. The van der Waals surface area contributed by atoms with Crippen molar-refractivity contribution < 1.29 is 17.9 Å². The minimum absolute atomic E-state index is 0.131. The topological polar surface area (TPSA) is 92.4 Å². The molecule has 0 saturated carbocycles. The molecular weight excluding hydrogens is 327 g/mol. The highest BCUT2D eigenvalue weighted by atomic mass is 79.9. The zero-order chi connectivity index (χ0) is 13.9. The van der Waals surface area contributed by atoms with E-state index in [0.29, 0.717) is 4.47 Å². The fourth-order valence-electron chi connectivity index (χ4n) is 1.33. The van der Waals surface area contributed by atoms with Crippen molar-refractivity contribution >= 4 is 31.6 Å². The van der Waals surface area contributed by atoms with Crippen LogP contribution < -0.4 is 10.5 Å². The number of nitrogens with one attached hydrogen (secondary N) is 1. The summed E-state index contributed by atoms with van der Waals surface area (Å²) in [6.45, 7) is 1.42. The lowest BCUT2D eigenvalue weighted by Crippen LogP contribution is -2.33. The maximum Gasteiger partial charge on any atom is 0.243 e. The number of nitrogen functional groups attached to an aromatic ring is 1. The van der Waals surface area contributed by atoms with Crippen LogP contribution in [0.4, 0.5) is 10.1 Å². The highest BCUT2D eigenvalue weighted by Gasteiger charge is 2.22. The summed E-state index contributed by atoms with van der Waals surface area (Å²) in [5.41, 5.74) is 5.66. The summed E-state index contributed by atoms with van der Waals surface area (Å²) in [7, 11) is -3.99. The predicted octanol–water partition coefficient (Wildman–Crippen LogP) is 1.22. The van der Waals surface area contributed by atoms with Gasteiger partial charge >= 0.3 is 0 Å². The van der Waals surface area contributed by atoms with Crippen molar-refractivity contribution in [3.05, 3.63) is 22.4 Å². The Balaban J connectivity index is 3.09. The first-order valence-corrected chi connectivity index (χ1v) is 7.43. The number of nitrogens with two attached hydrogens (primary N) is 1. The molecule has 0 saturated heterocycles. The van der Waals surface area contributed by atoms with Crippen molar-refractivity contribution in [1.29, 1.82) is 0 Å². The van der Waals surface area contributed by atoms with Gasteiger partial charge in [-0.2, -0.15) is 0 Å². The normalized spacial score (nSPS) is 13.6. The van der Waals surface area contributed by atoms with Crippen LogP contribution in [0.1, 0.15) is 13.3 Å². The molecule has 0 aliphatic heterocycles. The summed E-state index contributed by atoms with van der Waals surface area (Å²) in [4.78, 5) is -0.506. The molecule has 0 amide bonds. The van der Waals surface area contributed by atoms with E-state index in [4.69, 9.17) is 10.8 Å². The molecule has 4 N–H and O–H groups in total. The minimum atomic E-state index is -3.99. The molecule has 0 heterocycles. The van der Waals surface area contributed by atoms with Crippen molar-refractivity contribution in [1.82, 2.24) is 4.72 Å². The molecule has 1 atom stereocenters. The molecule has 0 bridgehead atoms. The van der Waals surface area contributed by atoms with Crippen LogP contribution in [0.15, 0.2) is 21.5 Å². The average molecular weight is 341 g/mol. The van der Waals surface area contributed by atoms with Gasteiger partial charge < -0.3 is 10.8 Å². The number of halogens is 2. The van der Waals surface area contributed by atoms with Crippen molar-refractivity contribution in [2.24, 2.45) is 0 Å².